The van der Waals surface area contributed by atoms with Crippen molar-refractivity contribution in [1.29, 1.82) is 0 Å². The first-order chi connectivity index (χ1) is 13.4. The summed E-state index contributed by atoms with van der Waals surface area (Å²) in [4.78, 5) is 27.7. The molecule has 0 atom stereocenters. The summed E-state index contributed by atoms with van der Waals surface area (Å²) in [5, 5.41) is 19.8. The Morgan fingerprint density at radius 2 is 1.79 bits per heavy atom. The van der Waals surface area contributed by atoms with E-state index >= 15 is 0 Å². The molecule has 2 aliphatic carbocycles. The quantitative estimate of drug-likeness (QED) is 0.787. The Kier molecular flexibility index (Phi) is 5.08. The monoisotopic (exact) mass is 386 g/mol. The zero-order valence-electron chi connectivity index (χ0n) is 16.3. The molecule has 4 rings (SSSR count). The minimum Gasteiger partial charge on any atom is -0.481 e. The number of hydrogen-bond donors (Lipinski definition) is 2. The van der Waals surface area contributed by atoms with Gasteiger partial charge in [0.15, 0.2) is 0 Å². The van der Waals surface area contributed by atoms with E-state index in [9.17, 15) is 14.7 Å². The van der Waals surface area contributed by atoms with Gasteiger partial charge >= 0.3 is 12.0 Å². The molecule has 1 aromatic rings. The van der Waals surface area contributed by atoms with Crippen molar-refractivity contribution < 1.29 is 19.8 Å². The third kappa shape index (κ3) is 3.62. The van der Waals surface area contributed by atoms with Crippen LogP contribution in [0.2, 0.25) is 0 Å². The van der Waals surface area contributed by atoms with Gasteiger partial charge in [-0.25, -0.2) is 4.79 Å². The molecule has 3 fully saturated rings. The summed E-state index contributed by atoms with van der Waals surface area (Å²) in [6, 6.07) is 10.4. The molecule has 152 valence electrons. The molecule has 6 nitrogen and oxygen atoms in total. The number of nitrogens with zero attached hydrogens (tertiary/aromatic N) is 2. The van der Waals surface area contributed by atoms with Gasteiger partial charge in [0.2, 0.25) is 0 Å². The molecule has 3 aliphatic rings. The standard InChI is InChI=1S/C22H30N2O4/c25-19(26)9-14-23-15-21(24(20(23)27)16-22(28)10-4-11-22)12-7-18(8-13-21)17-5-2-1-3-6-17/h1-3,5-6,18,28H,4,7-16H2,(H,25,26). The van der Waals surface area contributed by atoms with Gasteiger partial charge < -0.3 is 20.0 Å². The fraction of sp³-hybridized carbons (Fsp3) is 0.636. The molecule has 2 N–H and O–H groups in total. The number of carbonyl (C=O) groups is 2. The minimum atomic E-state index is -0.884. The Balaban J connectivity index is 1.50. The Hall–Kier alpha value is -2.08. The molecule has 2 saturated carbocycles. The van der Waals surface area contributed by atoms with Crippen molar-refractivity contribution in [3.63, 3.8) is 0 Å². The van der Waals surface area contributed by atoms with Gasteiger partial charge in [0.05, 0.1) is 24.1 Å². The second kappa shape index (κ2) is 7.39. The van der Waals surface area contributed by atoms with E-state index < -0.39 is 11.6 Å². The summed E-state index contributed by atoms with van der Waals surface area (Å²) in [5.74, 6) is -0.380. The number of rotatable bonds is 6. The maximum Gasteiger partial charge on any atom is 0.320 e. The Morgan fingerprint density at radius 1 is 1.11 bits per heavy atom. The van der Waals surface area contributed by atoms with Crippen LogP contribution in [-0.4, -0.2) is 62.8 Å². The molecule has 0 bridgehead atoms. The van der Waals surface area contributed by atoms with Crippen molar-refractivity contribution in [1.82, 2.24) is 9.80 Å². The summed E-state index contributed by atoms with van der Waals surface area (Å²) in [6.07, 6.45) is 6.29. The normalized spacial score (nSPS) is 29.2. The predicted octanol–water partition coefficient (Wildman–Crippen LogP) is 3.21. The van der Waals surface area contributed by atoms with Gasteiger partial charge in [-0.1, -0.05) is 30.3 Å². The maximum atomic E-state index is 13.1. The van der Waals surface area contributed by atoms with Crippen LogP contribution in [0.1, 0.15) is 62.8 Å². The first kappa shape index (κ1) is 19.2. The average Bonchev–Trinajstić information content (AvgIpc) is 2.92. The molecule has 1 saturated heterocycles. The highest BCUT2D eigenvalue weighted by molar-refractivity contribution is 5.79. The third-order valence-electron chi connectivity index (χ3n) is 7.08. The van der Waals surface area contributed by atoms with Gasteiger partial charge in [0, 0.05) is 13.1 Å². The number of carbonyl (C=O) groups excluding carboxylic acids is 1. The molecular weight excluding hydrogens is 356 g/mol. The van der Waals surface area contributed by atoms with Crippen molar-refractivity contribution in [2.45, 2.75) is 68.4 Å². The highest BCUT2D eigenvalue weighted by Crippen LogP contribution is 2.46. The molecule has 0 radical (unpaired) electrons. The highest BCUT2D eigenvalue weighted by Gasteiger charge is 2.53. The number of benzene rings is 1. The number of carboxylic acids is 1. The summed E-state index contributed by atoms with van der Waals surface area (Å²) in [5.41, 5.74) is 0.321. The van der Waals surface area contributed by atoms with Crippen LogP contribution < -0.4 is 0 Å². The lowest BCUT2D eigenvalue weighted by Gasteiger charge is -2.47. The fourth-order valence-corrected chi connectivity index (χ4v) is 5.20. The van der Waals surface area contributed by atoms with E-state index in [1.54, 1.807) is 4.90 Å². The zero-order valence-corrected chi connectivity index (χ0v) is 16.3. The van der Waals surface area contributed by atoms with Crippen LogP contribution in [0.15, 0.2) is 30.3 Å². The molecular formula is C22H30N2O4. The van der Waals surface area contributed by atoms with Gasteiger partial charge in [-0.2, -0.15) is 0 Å². The van der Waals surface area contributed by atoms with E-state index in [0.29, 0.717) is 19.0 Å². The number of amides is 2. The zero-order chi connectivity index (χ0) is 19.8. The highest BCUT2D eigenvalue weighted by atomic mass is 16.4. The number of urea groups is 1. The summed E-state index contributed by atoms with van der Waals surface area (Å²) in [7, 11) is 0. The second-order valence-electron chi connectivity index (χ2n) is 8.92. The first-order valence-electron chi connectivity index (χ1n) is 10.5. The van der Waals surface area contributed by atoms with Crippen LogP contribution in [0, 0.1) is 0 Å². The van der Waals surface area contributed by atoms with E-state index in [-0.39, 0.29) is 24.5 Å². The smallest absolute Gasteiger partial charge is 0.320 e. The lowest BCUT2D eigenvalue weighted by molar-refractivity contribution is -0.137. The van der Waals surface area contributed by atoms with E-state index in [0.717, 1.165) is 44.9 Å². The summed E-state index contributed by atoms with van der Waals surface area (Å²) in [6.45, 7) is 1.20. The van der Waals surface area contributed by atoms with Crippen molar-refractivity contribution in [2.75, 3.05) is 19.6 Å². The Bertz CT molecular complexity index is 723. The van der Waals surface area contributed by atoms with Crippen LogP contribution in [0.25, 0.3) is 0 Å². The van der Waals surface area contributed by atoms with E-state index in [2.05, 4.69) is 24.3 Å². The number of aliphatic carboxylic acids is 1. The molecule has 28 heavy (non-hydrogen) atoms. The van der Waals surface area contributed by atoms with Gasteiger partial charge in [0.25, 0.3) is 0 Å². The third-order valence-corrected chi connectivity index (χ3v) is 7.08. The number of aliphatic hydroxyl groups is 1. The molecule has 6 heteroatoms. The van der Waals surface area contributed by atoms with Crippen LogP contribution in [0.4, 0.5) is 4.79 Å². The molecule has 1 aromatic carbocycles. The van der Waals surface area contributed by atoms with Crippen molar-refractivity contribution in [3.05, 3.63) is 35.9 Å². The molecule has 0 unspecified atom stereocenters. The first-order valence-corrected chi connectivity index (χ1v) is 10.5. The van der Waals surface area contributed by atoms with Gasteiger partial charge in [-0.3, -0.25) is 4.79 Å². The van der Waals surface area contributed by atoms with Gasteiger partial charge in [-0.15, -0.1) is 0 Å². The molecule has 1 heterocycles. The lowest BCUT2D eigenvalue weighted by Crippen LogP contribution is -2.57. The van der Waals surface area contributed by atoms with Gasteiger partial charge in [-0.05, 0) is 56.4 Å². The topological polar surface area (TPSA) is 81.1 Å². The van der Waals surface area contributed by atoms with E-state index in [4.69, 9.17) is 5.11 Å². The molecule has 1 aliphatic heterocycles. The molecule has 2 amide bonds. The van der Waals surface area contributed by atoms with Crippen LogP contribution in [0.3, 0.4) is 0 Å². The van der Waals surface area contributed by atoms with Gasteiger partial charge in [0.1, 0.15) is 0 Å². The van der Waals surface area contributed by atoms with Crippen molar-refractivity contribution in [3.8, 4) is 0 Å². The summed E-state index contributed by atoms with van der Waals surface area (Å²) < 4.78 is 0. The van der Waals surface area contributed by atoms with E-state index in [1.807, 2.05) is 11.0 Å². The van der Waals surface area contributed by atoms with E-state index in [1.165, 1.54) is 5.56 Å². The molecule has 1 spiro atoms. The number of hydrogen-bond acceptors (Lipinski definition) is 3. The van der Waals surface area contributed by atoms with Crippen molar-refractivity contribution >= 4 is 12.0 Å². The number of β-amino-alcohol motifs (C(OH)–C–C–N with tert-alkyl or cyclic N) is 1. The molecule has 0 aromatic heterocycles. The van der Waals surface area contributed by atoms with Crippen LogP contribution in [0.5, 0.6) is 0 Å². The van der Waals surface area contributed by atoms with Crippen molar-refractivity contribution in [2.24, 2.45) is 0 Å². The Labute approximate surface area is 166 Å². The summed E-state index contributed by atoms with van der Waals surface area (Å²) >= 11 is 0. The largest absolute Gasteiger partial charge is 0.481 e. The van der Waals surface area contributed by atoms with Crippen LogP contribution in [-0.2, 0) is 4.79 Å². The lowest BCUT2D eigenvalue weighted by atomic mass is 9.72. The maximum absolute atomic E-state index is 13.1. The number of carboxylic acid groups (broad SMARTS) is 1. The predicted molar refractivity (Wildman–Crippen MR) is 105 cm³/mol. The minimum absolute atomic E-state index is 0.0352. The Morgan fingerprint density at radius 3 is 2.36 bits per heavy atom. The second-order valence-corrected chi connectivity index (χ2v) is 8.92. The average molecular weight is 386 g/mol. The SMILES string of the molecule is O=C(O)CCN1CC2(CCC(c3ccccc3)CC2)N(CC2(O)CCC2)C1=O. The van der Waals surface area contributed by atoms with Crippen LogP contribution >= 0.6 is 0 Å². The fourth-order valence-electron chi connectivity index (χ4n) is 5.20.